The lowest BCUT2D eigenvalue weighted by atomic mass is 10.1. The SMILES string of the molecule is CCCC[C@H](NC(=O)c1ccc(F)cc1[N+](=O)[O-])C(=O)O. The van der Waals surface area contributed by atoms with Gasteiger partial charge in [0.05, 0.1) is 11.0 Å². The number of benzene rings is 1. The zero-order valence-electron chi connectivity index (χ0n) is 11.3. The average Bonchev–Trinajstić information content (AvgIpc) is 2.42. The normalized spacial score (nSPS) is 11.7. The summed E-state index contributed by atoms with van der Waals surface area (Å²) in [7, 11) is 0. The molecule has 0 saturated carbocycles. The quantitative estimate of drug-likeness (QED) is 0.591. The Hall–Kier alpha value is -2.51. The van der Waals surface area contributed by atoms with Gasteiger partial charge in [-0.1, -0.05) is 19.8 Å². The molecule has 2 N–H and O–H groups in total. The largest absolute Gasteiger partial charge is 0.480 e. The van der Waals surface area contributed by atoms with Crippen LogP contribution in [0.2, 0.25) is 0 Å². The highest BCUT2D eigenvalue weighted by molar-refractivity contribution is 5.99. The van der Waals surface area contributed by atoms with Gasteiger partial charge in [-0.2, -0.15) is 0 Å². The van der Waals surface area contributed by atoms with E-state index in [0.717, 1.165) is 18.6 Å². The van der Waals surface area contributed by atoms with Crippen LogP contribution in [-0.4, -0.2) is 27.9 Å². The molecule has 0 bridgehead atoms. The van der Waals surface area contributed by atoms with Gasteiger partial charge in [0.1, 0.15) is 17.4 Å². The van der Waals surface area contributed by atoms with Gasteiger partial charge in [-0.15, -0.1) is 0 Å². The number of halogens is 1. The van der Waals surface area contributed by atoms with Crippen LogP contribution in [0.5, 0.6) is 0 Å². The van der Waals surface area contributed by atoms with Gasteiger partial charge in [-0.3, -0.25) is 14.9 Å². The number of rotatable bonds is 7. The van der Waals surface area contributed by atoms with Gasteiger partial charge in [-0.25, -0.2) is 9.18 Å². The second-order valence-electron chi connectivity index (χ2n) is 4.43. The molecule has 0 aliphatic rings. The van der Waals surface area contributed by atoms with E-state index in [2.05, 4.69) is 5.32 Å². The number of unbranched alkanes of at least 4 members (excludes halogenated alkanes) is 1. The van der Waals surface area contributed by atoms with Crippen LogP contribution in [0.1, 0.15) is 36.5 Å². The number of nitrogens with zero attached hydrogens (tertiary/aromatic N) is 1. The summed E-state index contributed by atoms with van der Waals surface area (Å²) in [6.45, 7) is 1.87. The maximum absolute atomic E-state index is 13.0. The summed E-state index contributed by atoms with van der Waals surface area (Å²) in [5.74, 6) is -2.98. The number of aliphatic carboxylic acids is 1. The lowest BCUT2D eigenvalue weighted by Crippen LogP contribution is -2.40. The van der Waals surface area contributed by atoms with Crippen LogP contribution in [0, 0.1) is 15.9 Å². The van der Waals surface area contributed by atoms with Gasteiger partial charge < -0.3 is 10.4 Å². The van der Waals surface area contributed by atoms with E-state index in [1.165, 1.54) is 0 Å². The Kier molecular flexibility index (Phi) is 5.77. The summed E-state index contributed by atoms with van der Waals surface area (Å²) in [6, 6.07) is 1.35. The van der Waals surface area contributed by atoms with Gasteiger partial charge in [0, 0.05) is 0 Å². The van der Waals surface area contributed by atoms with E-state index in [4.69, 9.17) is 5.11 Å². The van der Waals surface area contributed by atoms with Crippen LogP contribution in [0.4, 0.5) is 10.1 Å². The van der Waals surface area contributed by atoms with Crippen molar-refractivity contribution in [1.29, 1.82) is 0 Å². The molecule has 1 aromatic carbocycles. The molecule has 1 amide bonds. The Morgan fingerprint density at radius 2 is 2.14 bits per heavy atom. The maximum Gasteiger partial charge on any atom is 0.326 e. The number of hydrogen-bond acceptors (Lipinski definition) is 4. The number of carboxylic acid groups (broad SMARTS) is 1. The number of nitrogens with one attached hydrogen (secondary N) is 1. The number of hydrogen-bond donors (Lipinski definition) is 2. The standard InChI is InChI=1S/C13H15FN2O5/c1-2-3-4-10(13(18)19)15-12(17)9-6-5-8(14)7-11(9)16(20)21/h5-7,10H,2-4H2,1H3,(H,15,17)(H,18,19)/t10-/m0/s1. The van der Waals surface area contributed by atoms with Crippen molar-refractivity contribution in [3.8, 4) is 0 Å². The zero-order valence-corrected chi connectivity index (χ0v) is 11.3. The summed E-state index contributed by atoms with van der Waals surface area (Å²) in [6.07, 6.45) is 1.55. The topological polar surface area (TPSA) is 110 Å². The Bertz CT molecular complexity index is 561. The van der Waals surface area contributed by atoms with Crippen LogP contribution in [0.25, 0.3) is 0 Å². The monoisotopic (exact) mass is 298 g/mol. The third-order valence-electron chi connectivity index (χ3n) is 2.85. The van der Waals surface area contributed by atoms with Gasteiger partial charge in [0.25, 0.3) is 11.6 Å². The Balaban J connectivity index is 2.97. The van der Waals surface area contributed by atoms with Crippen molar-refractivity contribution in [3.63, 3.8) is 0 Å². The molecule has 7 nitrogen and oxygen atoms in total. The molecule has 1 atom stereocenters. The molecule has 0 spiro atoms. The Labute approximate surface area is 119 Å². The van der Waals surface area contributed by atoms with E-state index < -0.39 is 34.3 Å². The second-order valence-corrected chi connectivity index (χ2v) is 4.43. The Morgan fingerprint density at radius 1 is 1.48 bits per heavy atom. The highest BCUT2D eigenvalue weighted by Crippen LogP contribution is 2.20. The minimum atomic E-state index is -1.22. The zero-order chi connectivity index (χ0) is 16.0. The molecular weight excluding hydrogens is 283 g/mol. The summed E-state index contributed by atoms with van der Waals surface area (Å²) in [5, 5.41) is 22.0. The summed E-state index contributed by atoms with van der Waals surface area (Å²) < 4.78 is 13.0. The first-order valence-electron chi connectivity index (χ1n) is 6.34. The molecule has 0 aromatic heterocycles. The van der Waals surface area contributed by atoms with Gasteiger partial charge in [-0.05, 0) is 18.6 Å². The van der Waals surface area contributed by atoms with Crippen LogP contribution in [0.15, 0.2) is 18.2 Å². The van der Waals surface area contributed by atoms with E-state index in [1.54, 1.807) is 0 Å². The van der Waals surface area contributed by atoms with Crippen molar-refractivity contribution in [3.05, 3.63) is 39.7 Å². The number of carboxylic acids is 1. The highest BCUT2D eigenvalue weighted by atomic mass is 19.1. The fourth-order valence-corrected chi connectivity index (χ4v) is 1.75. The minimum absolute atomic E-state index is 0.215. The average molecular weight is 298 g/mol. The molecule has 21 heavy (non-hydrogen) atoms. The number of carbonyl (C=O) groups excluding carboxylic acids is 1. The fourth-order valence-electron chi connectivity index (χ4n) is 1.75. The van der Waals surface area contributed by atoms with Crippen LogP contribution < -0.4 is 5.32 Å². The van der Waals surface area contributed by atoms with Gasteiger partial charge in [0.15, 0.2) is 0 Å². The van der Waals surface area contributed by atoms with Crippen molar-refractivity contribution >= 4 is 17.6 Å². The third-order valence-corrected chi connectivity index (χ3v) is 2.85. The summed E-state index contributed by atoms with van der Waals surface area (Å²) in [5.41, 5.74) is -1.07. The minimum Gasteiger partial charge on any atom is -0.480 e. The molecular formula is C13H15FN2O5. The highest BCUT2D eigenvalue weighted by Gasteiger charge is 2.25. The Morgan fingerprint density at radius 3 is 2.67 bits per heavy atom. The smallest absolute Gasteiger partial charge is 0.326 e. The fraction of sp³-hybridized carbons (Fsp3) is 0.385. The third kappa shape index (κ3) is 4.51. The lowest BCUT2D eigenvalue weighted by molar-refractivity contribution is -0.385. The predicted octanol–water partition coefficient (Wildman–Crippen LogP) is 2.11. The molecule has 114 valence electrons. The molecule has 0 aliphatic heterocycles. The molecule has 0 unspecified atom stereocenters. The summed E-state index contributed by atoms with van der Waals surface area (Å²) in [4.78, 5) is 32.9. The van der Waals surface area contributed by atoms with Crippen molar-refractivity contribution in [2.24, 2.45) is 0 Å². The van der Waals surface area contributed by atoms with Crippen molar-refractivity contribution in [1.82, 2.24) is 5.32 Å². The van der Waals surface area contributed by atoms with E-state index in [0.29, 0.717) is 12.5 Å². The molecule has 1 aromatic rings. The number of carbonyl (C=O) groups is 2. The molecule has 0 heterocycles. The van der Waals surface area contributed by atoms with E-state index in [-0.39, 0.29) is 12.0 Å². The van der Waals surface area contributed by atoms with Crippen LogP contribution in [0.3, 0.4) is 0 Å². The van der Waals surface area contributed by atoms with Crippen LogP contribution in [-0.2, 0) is 4.79 Å². The van der Waals surface area contributed by atoms with Crippen molar-refractivity contribution < 1.29 is 24.0 Å². The van der Waals surface area contributed by atoms with E-state index in [1.807, 2.05) is 6.92 Å². The van der Waals surface area contributed by atoms with E-state index >= 15 is 0 Å². The van der Waals surface area contributed by atoms with Crippen molar-refractivity contribution in [2.45, 2.75) is 32.2 Å². The van der Waals surface area contributed by atoms with Gasteiger partial charge >= 0.3 is 5.97 Å². The number of nitro groups is 1. The first-order valence-corrected chi connectivity index (χ1v) is 6.34. The predicted molar refractivity (Wildman–Crippen MR) is 71.5 cm³/mol. The van der Waals surface area contributed by atoms with Gasteiger partial charge in [0.2, 0.25) is 0 Å². The molecule has 0 fully saturated rings. The maximum atomic E-state index is 13.0. The number of amides is 1. The first kappa shape index (κ1) is 16.5. The lowest BCUT2D eigenvalue weighted by Gasteiger charge is -2.14. The molecule has 0 aliphatic carbocycles. The van der Waals surface area contributed by atoms with Crippen molar-refractivity contribution in [2.75, 3.05) is 0 Å². The summed E-state index contributed by atoms with van der Waals surface area (Å²) >= 11 is 0. The van der Waals surface area contributed by atoms with Crippen LogP contribution >= 0.6 is 0 Å². The molecule has 0 saturated heterocycles. The molecule has 0 radical (unpaired) electrons. The van der Waals surface area contributed by atoms with E-state index in [9.17, 15) is 24.1 Å². The first-order chi connectivity index (χ1) is 9.86. The molecule has 1 rings (SSSR count). The second kappa shape index (κ2) is 7.32. The number of nitro benzene ring substituents is 1. The molecule has 8 heteroatoms.